The third-order valence-electron chi connectivity index (χ3n) is 7.38. The first-order valence-electron chi connectivity index (χ1n) is 12.1. The average molecular weight is 449 g/mol. The number of likely N-dealkylation sites (tertiary alicyclic amines) is 1. The molecular formula is C26H32N4O3. The van der Waals surface area contributed by atoms with Gasteiger partial charge in [-0.3, -0.25) is 14.5 Å². The standard InChI is InChI=1S/C26H32N4O3/c1-17-21-15-24(32)30(16-19-9-5-10-20(13-19)33-2)26(21)28-25(27-17)22-11-6-12-29(22)23(31)14-18-7-3-4-8-18/h5,9-10,13,18,22H,3-4,6-8,11-12,14-16H2,1-2H3/t22-/m0/s1. The summed E-state index contributed by atoms with van der Waals surface area (Å²) in [6, 6.07) is 7.66. The number of fused-ring (bicyclic) bond motifs is 1. The Bertz CT molecular complexity index is 1060. The van der Waals surface area contributed by atoms with Gasteiger partial charge in [-0.2, -0.15) is 0 Å². The van der Waals surface area contributed by atoms with Crippen LogP contribution >= 0.6 is 0 Å². The molecule has 1 saturated heterocycles. The zero-order valence-corrected chi connectivity index (χ0v) is 19.5. The molecule has 0 spiro atoms. The zero-order chi connectivity index (χ0) is 22.9. The number of methoxy groups -OCH3 is 1. The van der Waals surface area contributed by atoms with Crippen LogP contribution in [-0.4, -0.2) is 40.3 Å². The van der Waals surface area contributed by atoms with Crippen molar-refractivity contribution in [2.45, 2.75) is 70.9 Å². The number of hydrogen-bond acceptors (Lipinski definition) is 5. The van der Waals surface area contributed by atoms with Gasteiger partial charge >= 0.3 is 0 Å². The number of carbonyl (C=O) groups excluding carboxylic acids is 2. The lowest BCUT2D eigenvalue weighted by atomic mass is 10.0. The van der Waals surface area contributed by atoms with Gasteiger partial charge in [0, 0.05) is 24.2 Å². The highest BCUT2D eigenvalue weighted by molar-refractivity contribution is 6.00. The van der Waals surface area contributed by atoms with Gasteiger partial charge in [0.2, 0.25) is 11.8 Å². The summed E-state index contributed by atoms with van der Waals surface area (Å²) in [5.74, 6) is 2.92. The topological polar surface area (TPSA) is 75.6 Å². The van der Waals surface area contributed by atoms with Gasteiger partial charge in [0.25, 0.3) is 0 Å². The van der Waals surface area contributed by atoms with Gasteiger partial charge in [-0.05, 0) is 56.2 Å². The van der Waals surface area contributed by atoms with Crippen molar-refractivity contribution in [3.8, 4) is 5.75 Å². The highest BCUT2D eigenvalue weighted by Gasteiger charge is 2.37. The fourth-order valence-corrected chi connectivity index (χ4v) is 5.57. The Kier molecular flexibility index (Phi) is 6.04. The van der Waals surface area contributed by atoms with Gasteiger partial charge in [0.1, 0.15) is 11.6 Å². The molecule has 7 nitrogen and oxygen atoms in total. The first-order chi connectivity index (χ1) is 16.0. The molecular weight excluding hydrogens is 416 g/mol. The van der Waals surface area contributed by atoms with Crippen molar-refractivity contribution < 1.29 is 14.3 Å². The smallest absolute Gasteiger partial charge is 0.233 e. The molecule has 1 atom stereocenters. The fourth-order valence-electron chi connectivity index (χ4n) is 5.57. The second-order valence-electron chi connectivity index (χ2n) is 9.58. The van der Waals surface area contributed by atoms with Gasteiger partial charge in [-0.15, -0.1) is 0 Å². The average Bonchev–Trinajstić information content (AvgIpc) is 3.56. The summed E-state index contributed by atoms with van der Waals surface area (Å²) in [5, 5.41) is 0. The minimum Gasteiger partial charge on any atom is -0.497 e. The summed E-state index contributed by atoms with van der Waals surface area (Å²) in [7, 11) is 1.64. The number of anilines is 1. The second kappa shape index (κ2) is 9.12. The third-order valence-corrected chi connectivity index (χ3v) is 7.38. The van der Waals surface area contributed by atoms with Gasteiger partial charge in [0.15, 0.2) is 5.82 Å². The normalized spacial score (nSPS) is 20.5. The van der Waals surface area contributed by atoms with E-state index in [9.17, 15) is 9.59 Å². The molecule has 3 heterocycles. The molecule has 1 aromatic carbocycles. The van der Waals surface area contributed by atoms with Crippen LogP contribution in [0.15, 0.2) is 24.3 Å². The SMILES string of the molecule is COc1cccc(CN2C(=O)Cc3c(C)nc([C@@H]4CCCN4C(=O)CC4CCCC4)nc32)c1. The molecule has 0 unspecified atom stereocenters. The number of nitrogens with zero attached hydrogens (tertiary/aromatic N) is 4. The molecule has 3 aliphatic rings. The number of amides is 2. The van der Waals surface area contributed by atoms with E-state index < -0.39 is 0 Å². The van der Waals surface area contributed by atoms with Crippen LogP contribution in [0.1, 0.15) is 73.6 Å². The molecule has 7 heteroatoms. The van der Waals surface area contributed by atoms with Crippen molar-refractivity contribution in [3.63, 3.8) is 0 Å². The largest absolute Gasteiger partial charge is 0.497 e. The van der Waals surface area contributed by atoms with E-state index in [1.165, 1.54) is 25.7 Å². The van der Waals surface area contributed by atoms with Gasteiger partial charge in [-0.25, -0.2) is 9.97 Å². The molecule has 1 aliphatic carbocycles. The number of carbonyl (C=O) groups is 2. The van der Waals surface area contributed by atoms with Crippen LogP contribution in [0.3, 0.4) is 0 Å². The van der Waals surface area contributed by atoms with Crippen LogP contribution in [0.4, 0.5) is 5.82 Å². The Morgan fingerprint density at radius 1 is 1.15 bits per heavy atom. The molecule has 2 fully saturated rings. The molecule has 2 aromatic rings. The van der Waals surface area contributed by atoms with Crippen LogP contribution in [0.25, 0.3) is 0 Å². The van der Waals surface area contributed by atoms with E-state index in [4.69, 9.17) is 14.7 Å². The molecule has 2 aliphatic heterocycles. The first kappa shape index (κ1) is 21.9. The minimum atomic E-state index is -0.0997. The van der Waals surface area contributed by atoms with Crippen molar-refractivity contribution in [1.82, 2.24) is 14.9 Å². The summed E-state index contributed by atoms with van der Waals surface area (Å²) in [6.07, 6.45) is 7.62. The summed E-state index contributed by atoms with van der Waals surface area (Å²) < 4.78 is 5.34. The zero-order valence-electron chi connectivity index (χ0n) is 19.5. The summed E-state index contributed by atoms with van der Waals surface area (Å²) in [4.78, 5) is 39.5. The quantitative estimate of drug-likeness (QED) is 0.664. The van der Waals surface area contributed by atoms with Gasteiger partial charge in [-0.1, -0.05) is 25.0 Å². The van der Waals surface area contributed by atoms with E-state index >= 15 is 0 Å². The van der Waals surface area contributed by atoms with Crippen molar-refractivity contribution in [3.05, 3.63) is 46.9 Å². The second-order valence-corrected chi connectivity index (χ2v) is 9.58. The summed E-state index contributed by atoms with van der Waals surface area (Å²) in [6.45, 7) is 3.15. The lowest BCUT2D eigenvalue weighted by Crippen LogP contribution is -2.33. The Labute approximate surface area is 195 Å². The Hall–Kier alpha value is -2.96. The predicted molar refractivity (Wildman–Crippen MR) is 125 cm³/mol. The molecule has 1 saturated carbocycles. The van der Waals surface area contributed by atoms with E-state index in [0.717, 1.165) is 42.0 Å². The number of benzene rings is 1. The number of hydrogen-bond donors (Lipinski definition) is 0. The van der Waals surface area contributed by atoms with E-state index in [1.807, 2.05) is 36.1 Å². The number of aryl methyl sites for hydroxylation is 1. The van der Waals surface area contributed by atoms with Crippen LogP contribution in [-0.2, 0) is 22.6 Å². The highest BCUT2D eigenvalue weighted by Crippen LogP contribution is 2.37. The lowest BCUT2D eigenvalue weighted by Gasteiger charge is -2.26. The van der Waals surface area contributed by atoms with E-state index in [0.29, 0.717) is 36.9 Å². The molecule has 0 bridgehead atoms. The third kappa shape index (κ3) is 4.33. The number of aromatic nitrogens is 2. The fraction of sp³-hybridized carbons (Fsp3) is 0.538. The van der Waals surface area contributed by atoms with Crippen molar-refractivity contribution in [1.29, 1.82) is 0 Å². The maximum Gasteiger partial charge on any atom is 0.233 e. The monoisotopic (exact) mass is 448 g/mol. The lowest BCUT2D eigenvalue weighted by molar-refractivity contribution is -0.133. The molecule has 0 N–H and O–H groups in total. The molecule has 33 heavy (non-hydrogen) atoms. The summed E-state index contributed by atoms with van der Waals surface area (Å²) in [5.41, 5.74) is 2.72. The van der Waals surface area contributed by atoms with Crippen LogP contribution in [0, 0.1) is 12.8 Å². The van der Waals surface area contributed by atoms with Crippen LogP contribution < -0.4 is 9.64 Å². The van der Waals surface area contributed by atoms with Crippen molar-refractivity contribution in [2.75, 3.05) is 18.6 Å². The summed E-state index contributed by atoms with van der Waals surface area (Å²) >= 11 is 0. The molecule has 2 amide bonds. The molecule has 0 radical (unpaired) electrons. The number of ether oxygens (including phenoxy) is 1. The van der Waals surface area contributed by atoms with E-state index in [-0.39, 0.29) is 17.9 Å². The van der Waals surface area contributed by atoms with Crippen molar-refractivity contribution >= 4 is 17.6 Å². The molecule has 1 aromatic heterocycles. The first-order valence-corrected chi connectivity index (χ1v) is 12.1. The van der Waals surface area contributed by atoms with E-state index in [1.54, 1.807) is 12.0 Å². The minimum absolute atomic E-state index is 0.0305. The van der Waals surface area contributed by atoms with Crippen molar-refractivity contribution in [2.24, 2.45) is 5.92 Å². The maximum atomic E-state index is 13.1. The molecule has 5 rings (SSSR count). The highest BCUT2D eigenvalue weighted by atomic mass is 16.5. The van der Waals surface area contributed by atoms with Gasteiger partial charge in [0.05, 0.1) is 26.1 Å². The molecule has 174 valence electrons. The van der Waals surface area contributed by atoms with Crippen LogP contribution in [0.5, 0.6) is 5.75 Å². The van der Waals surface area contributed by atoms with E-state index in [2.05, 4.69) is 0 Å². The Balaban J connectivity index is 1.40. The van der Waals surface area contributed by atoms with Gasteiger partial charge < -0.3 is 9.64 Å². The maximum absolute atomic E-state index is 13.1. The Morgan fingerprint density at radius 2 is 1.97 bits per heavy atom. The van der Waals surface area contributed by atoms with Crippen LogP contribution in [0.2, 0.25) is 0 Å². The Morgan fingerprint density at radius 3 is 2.76 bits per heavy atom. The predicted octanol–water partition coefficient (Wildman–Crippen LogP) is 4.13. The number of rotatable bonds is 6.